The molecule has 1 aromatic carbocycles. The van der Waals surface area contributed by atoms with Gasteiger partial charge in [-0.2, -0.15) is 5.10 Å². The fourth-order valence-electron chi connectivity index (χ4n) is 2.47. The highest BCUT2D eigenvalue weighted by Crippen LogP contribution is 2.32. The van der Waals surface area contributed by atoms with Crippen LogP contribution in [0.1, 0.15) is 28.4 Å². The van der Waals surface area contributed by atoms with Crippen LogP contribution in [0.25, 0.3) is 0 Å². The lowest BCUT2D eigenvalue weighted by atomic mass is 10.3. The standard InChI is InChI=1S/C19H19Cl2N3O3/c1-13-8-10-23-24(13)11-3-9-22-19(25)17-7-6-14(27-17)12-26-16-5-2-4-15(20)18(16)21/h2,4-8,10H,3,9,11-12H2,1H3,(H,22,25). The summed E-state index contributed by atoms with van der Waals surface area (Å²) < 4.78 is 13.0. The van der Waals surface area contributed by atoms with E-state index in [1.807, 2.05) is 17.7 Å². The number of nitrogens with one attached hydrogen (secondary N) is 1. The fraction of sp³-hybridized carbons (Fsp3) is 0.263. The van der Waals surface area contributed by atoms with Crippen LogP contribution in [-0.2, 0) is 13.2 Å². The molecule has 8 heteroatoms. The van der Waals surface area contributed by atoms with E-state index in [1.54, 1.807) is 36.5 Å². The second-order valence-electron chi connectivity index (χ2n) is 5.91. The summed E-state index contributed by atoms with van der Waals surface area (Å²) in [6.07, 6.45) is 2.54. The van der Waals surface area contributed by atoms with Crippen molar-refractivity contribution < 1.29 is 13.9 Å². The summed E-state index contributed by atoms with van der Waals surface area (Å²) in [6.45, 7) is 3.42. The van der Waals surface area contributed by atoms with Gasteiger partial charge in [0.15, 0.2) is 5.76 Å². The van der Waals surface area contributed by atoms with Gasteiger partial charge in [-0.15, -0.1) is 0 Å². The Bertz CT molecular complexity index is 921. The normalized spacial score (nSPS) is 10.8. The number of carbonyl (C=O) groups excluding carboxylic acids is 1. The summed E-state index contributed by atoms with van der Waals surface area (Å²) in [5.41, 5.74) is 1.09. The topological polar surface area (TPSA) is 69.3 Å². The molecule has 0 bridgehead atoms. The highest BCUT2D eigenvalue weighted by atomic mass is 35.5. The van der Waals surface area contributed by atoms with Gasteiger partial charge in [0.25, 0.3) is 5.91 Å². The minimum absolute atomic E-state index is 0.145. The second-order valence-corrected chi connectivity index (χ2v) is 6.70. The quantitative estimate of drug-likeness (QED) is 0.558. The van der Waals surface area contributed by atoms with Crippen LogP contribution in [0.4, 0.5) is 0 Å². The van der Waals surface area contributed by atoms with Gasteiger partial charge < -0.3 is 14.5 Å². The van der Waals surface area contributed by atoms with Gasteiger partial charge in [-0.1, -0.05) is 29.3 Å². The average molecular weight is 408 g/mol. The van der Waals surface area contributed by atoms with Crippen LogP contribution < -0.4 is 10.1 Å². The molecule has 0 saturated carbocycles. The monoisotopic (exact) mass is 407 g/mol. The Balaban J connectivity index is 1.46. The van der Waals surface area contributed by atoms with Gasteiger partial charge in [-0.3, -0.25) is 9.48 Å². The van der Waals surface area contributed by atoms with E-state index in [1.165, 1.54) is 0 Å². The number of amides is 1. The molecule has 0 unspecified atom stereocenters. The van der Waals surface area contributed by atoms with E-state index in [2.05, 4.69) is 10.4 Å². The third-order valence-electron chi connectivity index (χ3n) is 3.93. The largest absolute Gasteiger partial charge is 0.484 e. The van der Waals surface area contributed by atoms with Gasteiger partial charge in [0, 0.05) is 25.0 Å². The predicted molar refractivity (Wildman–Crippen MR) is 103 cm³/mol. The molecule has 142 valence electrons. The first-order valence-electron chi connectivity index (χ1n) is 8.46. The molecule has 1 amide bonds. The Morgan fingerprint density at radius 3 is 2.89 bits per heavy atom. The minimum atomic E-state index is -0.265. The molecule has 2 aromatic heterocycles. The number of furan rings is 1. The number of nitrogens with zero attached hydrogens (tertiary/aromatic N) is 2. The maximum absolute atomic E-state index is 12.2. The molecule has 0 atom stereocenters. The summed E-state index contributed by atoms with van der Waals surface area (Å²) in [7, 11) is 0. The molecule has 0 spiro atoms. The van der Waals surface area contributed by atoms with E-state index in [-0.39, 0.29) is 18.3 Å². The summed E-state index contributed by atoms with van der Waals surface area (Å²) in [6, 6.07) is 10.4. The number of rotatable bonds is 8. The average Bonchev–Trinajstić information content (AvgIpc) is 3.29. The van der Waals surface area contributed by atoms with Crippen LogP contribution in [0.2, 0.25) is 10.0 Å². The Morgan fingerprint density at radius 1 is 1.26 bits per heavy atom. The molecule has 6 nitrogen and oxygen atoms in total. The Hall–Kier alpha value is -2.44. The molecule has 27 heavy (non-hydrogen) atoms. The maximum atomic E-state index is 12.2. The molecule has 0 saturated heterocycles. The van der Waals surface area contributed by atoms with Crippen molar-refractivity contribution in [1.29, 1.82) is 0 Å². The van der Waals surface area contributed by atoms with E-state index in [0.29, 0.717) is 28.1 Å². The van der Waals surface area contributed by atoms with Crippen molar-refractivity contribution in [1.82, 2.24) is 15.1 Å². The molecule has 0 aliphatic carbocycles. The third-order valence-corrected chi connectivity index (χ3v) is 4.73. The smallest absolute Gasteiger partial charge is 0.286 e. The van der Waals surface area contributed by atoms with Crippen LogP contribution in [-0.4, -0.2) is 22.2 Å². The maximum Gasteiger partial charge on any atom is 0.286 e. The van der Waals surface area contributed by atoms with Crippen LogP contribution in [0.3, 0.4) is 0 Å². The van der Waals surface area contributed by atoms with Crippen molar-refractivity contribution in [2.75, 3.05) is 6.54 Å². The molecule has 2 heterocycles. The van der Waals surface area contributed by atoms with Crippen LogP contribution in [0.5, 0.6) is 5.75 Å². The minimum Gasteiger partial charge on any atom is -0.484 e. The van der Waals surface area contributed by atoms with Crippen molar-refractivity contribution in [3.63, 3.8) is 0 Å². The summed E-state index contributed by atoms with van der Waals surface area (Å²) in [4.78, 5) is 12.2. The van der Waals surface area contributed by atoms with Gasteiger partial charge >= 0.3 is 0 Å². The molecule has 3 aromatic rings. The van der Waals surface area contributed by atoms with Crippen molar-refractivity contribution in [3.05, 3.63) is 69.9 Å². The lowest BCUT2D eigenvalue weighted by Gasteiger charge is -2.07. The zero-order valence-corrected chi connectivity index (χ0v) is 16.3. The number of benzene rings is 1. The zero-order valence-electron chi connectivity index (χ0n) is 14.7. The molecular weight excluding hydrogens is 389 g/mol. The van der Waals surface area contributed by atoms with E-state index in [0.717, 1.165) is 18.7 Å². The third kappa shape index (κ3) is 5.05. The van der Waals surface area contributed by atoms with E-state index in [9.17, 15) is 4.79 Å². The highest BCUT2D eigenvalue weighted by Gasteiger charge is 2.12. The van der Waals surface area contributed by atoms with Gasteiger partial charge in [0.1, 0.15) is 23.1 Å². The lowest BCUT2D eigenvalue weighted by molar-refractivity contribution is 0.0921. The van der Waals surface area contributed by atoms with Gasteiger partial charge in [-0.25, -0.2) is 0 Å². The molecule has 0 radical (unpaired) electrons. The van der Waals surface area contributed by atoms with Crippen molar-refractivity contribution >= 4 is 29.1 Å². The Kier molecular flexibility index (Phi) is 6.42. The lowest BCUT2D eigenvalue weighted by Crippen LogP contribution is -2.25. The number of aryl methyl sites for hydroxylation is 2. The molecule has 1 N–H and O–H groups in total. The number of carbonyl (C=O) groups is 1. The molecule has 0 aliphatic rings. The fourth-order valence-corrected chi connectivity index (χ4v) is 2.82. The predicted octanol–water partition coefficient (Wildman–Crippen LogP) is 4.49. The van der Waals surface area contributed by atoms with E-state index >= 15 is 0 Å². The number of hydrogen-bond donors (Lipinski definition) is 1. The van der Waals surface area contributed by atoms with Crippen LogP contribution in [0.15, 0.2) is 47.0 Å². The summed E-state index contributed by atoms with van der Waals surface area (Å²) in [5, 5.41) is 7.80. The number of hydrogen-bond acceptors (Lipinski definition) is 4. The first-order valence-corrected chi connectivity index (χ1v) is 9.22. The van der Waals surface area contributed by atoms with Crippen molar-refractivity contribution in [2.24, 2.45) is 0 Å². The van der Waals surface area contributed by atoms with E-state index < -0.39 is 0 Å². The van der Waals surface area contributed by atoms with Crippen molar-refractivity contribution in [3.8, 4) is 5.75 Å². The van der Waals surface area contributed by atoms with Crippen LogP contribution >= 0.6 is 23.2 Å². The number of ether oxygens (including phenoxy) is 1. The Morgan fingerprint density at radius 2 is 2.11 bits per heavy atom. The first-order chi connectivity index (χ1) is 13.0. The summed E-state index contributed by atoms with van der Waals surface area (Å²) in [5.74, 6) is 0.948. The number of aromatic nitrogens is 2. The second kappa shape index (κ2) is 8.97. The first kappa shape index (κ1) is 19.3. The number of halogens is 2. The van der Waals surface area contributed by atoms with Gasteiger partial charge in [0.05, 0.1) is 5.02 Å². The molecule has 3 rings (SSSR count). The molecule has 0 fully saturated rings. The van der Waals surface area contributed by atoms with Crippen molar-refractivity contribution in [2.45, 2.75) is 26.5 Å². The van der Waals surface area contributed by atoms with E-state index in [4.69, 9.17) is 32.4 Å². The highest BCUT2D eigenvalue weighted by molar-refractivity contribution is 6.42. The SMILES string of the molecule is Cc1ccnn1CCCNC(=O)c1ccc(COc2cccc(Cl)c2Cl)o1. The van der Waals surface area contributed by atoms with Gasteiger partial charge in [-0.05, 0) is 43.7 Å². The molecule has 0 aliphatic heterocycles. The molecular formula is C19H19Cl2N3O3. The van der Waals surface area contributed by atoms with Gasteiger partial charge in [0.2, 0.25) is 0 Å². The summed E-state index contributed by atoms with van der Waals surface area (Å²) >= 11 is 12.0. The zero-order chi connectivity index (χ0) is 19.2. The Labute approximate surface area is 167 Å². The van der Waals surface area contributed by atoms with Crippen LogP contribution in [0, 0.1) is 6.92 Å².